The van der Waals surface area contributed by atoms with Gasteiger partial charge in [0.25, 0.3) is 5.91 Å². The third-order valence-corrected chi connectivity index (χ3v) is 4.64. The van der Waals surface area contributed by atoms with Crippen molar-refractivity contribution in [3.63, 3.8) is 0 Å². The molecule has 0 aliphatic heterocycles. The lowest BCUT2D eigenvalue weighted by Crippen LogP contribution is -2.30. The summed E-state index contributed by atoms with van der Waals surface area (Å²) >= 11 is 6.10. The lowest BCUT2D eigenvalue weighted by Gasteiger charge is -2.19. The van der Waals surface area contributed by atoms with Crippen LogP contribution >= 0.6 is 11.6 Å². The van der Waals surface area contributed by atoms with Crippen molar-refractivity contribution in [1.29, 1.82) is 0 Å². The third-order valence-electron chi connectivity index (χ3n) is 4.31. The maximum absolute atomic E-state index is 13.0. The van der Waals surface area contributed by atoms with Crippen molar-refractivity contribution in [3.8, 4) is 0 Å². The lowest BCUT2D eigenvalue weighted by molar-refractivity contribution is -0.145. The number of hydrogen-bond acceptors (Lipinski definition) is 3. The molecule has 0 bridgehead atoms. The fourth-order valence-electron chi connectivity index (χ4n) is 2.79. The van der Waals surface area contributed by atoms with Crippen LogP contribution < -0.4 is 5.32 Å². The summed E-state index contributed by atoms with van der Waals surface area (Å²) in [7, 11) is 0. The van der Waals surface area contributed by atoms with E-state index in [4.69, 9.17) is 16.3 Å². The first-order chi connectivity index (χ1) is 14.0. The van der Waals surface area contributed by atoms with Crippen molar-refractivity contribution in [2.45, 2.75) is 19.1 Å². The molecule has 3 aromatic carbocycles. The minimum atomic E-state index is -0.583. The Morgan fingerprint density at radius 3 is 2.28 bits per heavy atom. The molecule has 1 N–H and O–H groups in total. The molecule has 0 unspecified atom stereocenters. The van der Waals surface area contributed by atoms with E-state index in [1.54, 1.807) is 36.4 Å². The van der Waals surface area contributed by atoms with Crippen LogP contribution in [0.4, 0.5) is 4.39 Å². The molecular weight excluding hydrogens is 393 g/mol. The molecule has 0 aliphatic carbocycles. The molecule has 0 aliphatic rings. The highest BCUT2D eigenvalue weighted by Gasteiger charge is 2.21. The van der Waals surface area contributed by atoms with Crippen LogP contribution in [0.15, 0.2) is 78.9 Å². The predicted octanol–water partition coefficient (Wildman–Crippen LogP) is 5.08. The zero-order valence-electron chi connectivity index (χ0n) is 15.5. The summed E-state index contributed by atoms with van der Waals surface area (Å²) in [6, 6.07) is 21.0. The zero-order valence-corrected chi connectivity index (χ0v) is 16.2. The fraction of sp³-hybridized carbons (Fsp3) is 0.130. The summed E-state index contributed by atoms with van der Waals surface area (Å²) in [4.78, 5) is 25.0. The first kappa shape index (κ1) is 20.6. The molecule has 3 aromatic rings. The fourth-order valence-corrected chi connectivity index (χ4v) is 3.01. The number of nitrogens with one attached hydrogen (secondary N) is 1. The van der Waals surface area contributed by atoms with E-state index in [1.165, 1.54) is 12.1 Å². The van der Waals surface area contributed by atoms with E-state index in [-0.39, 0.29) is 24.8 Å². The minimum Gasteiger partial charge on any atom is -0.461 e. The molecule has 29 heavy (non-hydrogen) atoms. The molecule has 1 amide bonds. The second-order valence-electron chi connectivity index (χ2n) is 6.41. The number of halogens is 2. The summed E-state index contributed by atoms with van der Waals surface area (Å²) in [6.45, 7) is 0.0269. The van der Waals surface area contributed by atoms with Gasteiger partial charge in [0, 0.05) is 0 Å². The Balaban J connectivity index is 1.69. The van der Waals surface area contributed by atoms with Crippen molar-refractivity contribution in [3.05, 3.63) is 106 Å². The number of amides is 1. The second kappa shape index (κ2) is 9.85. The maximum Gasteiger partial charge on any atom is 0.308 e. The van der Waals surface area contributed by atoms with Crippen molar-refractivity contribution < 1.29 is 18.7 Å². The molecule has 3 rings (SSSR count). The molecule has 0 spiro atoms. The van der Waals surface area contributed by atoms with Crippen LogP contribution in [-0.4, -0.2) is 11.9 Å². The van der Waals surface area contributed by atoms with E-state index in [2.05, 4.69) is 5.32 Å². The van der Waals surface area contributed by atoms with Gasteiger partial charge in [-0.3, -0.25) is 9.59 Å². The molecular formula is C23H19ClFNO3. The summed E-state index contributed by atoms with van der Waals surface area (Å²) in [6.07, 6.45) is -0.0542. The van der Waals surface area contributed by atoms with Gasteiger partial charge in [-0.2, -0.15) is 0 Å². The molecule has 6 heteroatoms. The first-order valence-corrected chi connectivity index (χ1v) is 9.41. The summed E-state index contributed by atoms with van der Waals surface area (Å²) in [5.74, 6) is -1.22. The lowest BCUT2D eigenvalue weighted by atomic mass is 10.0. The Labute approximate surface area is 173 Å². The van der Waals surface area contributed by atoms with Crippen LogP contribution in [-0.2, 0) is 16.1 Å². The molecule has 0 saturated carbocycles. The number of ether oxygens (including phenoxy) is 1. The Bertz CT molecular complexity index is 977. The molecule has 0 radical (unpaired) electrons. The van der Waals surface area contributed by atoms with E-state index in [9.17, 15) is 14.0 Å². The largest absolute Gasteiger partial charge is 0.461 e. The molecule has 0 saturated heterocycles. The topological polar surface area (TPSA) is 55.4 Å². The number of benzene rings is 3. The van der Waals surface area contributed by atoms with Gasteiger partial charge in [0.2, 0.25) is 0 Å². The van der Waals surface area contributed by atoms with Crippen LogP contribution in [0, 0.1) is 5.82 Å². The van der Waals surface area contributed by atoms with Gasteiger partial charge in [0.1, 0.15) is 12.4 Å². The van der Waals surface area contributed by atoms with Crippen molar-refractivity contribution >= 4 is 23.5 Å². The highest BCUT2D eigenvalue weighted by molar-refractivity contribution is 6.33. The van der Waals surface area contributed by atoms with Crippen LogP contribution in [0.1, 0.15) is 33.9 Å². The van der Waals surface area contributed by atoms with E-state index >= 15 is 0 Å². The Morgan fingerprint density at radius 1 is 0.931 bits per heavy atom. The van der Waals surface area contributed by atoms with Crippen LogP contribution in [0.3, 0.4) is 0 Å². The van der Waals surface area contributed by atoms with Crippen molar-refractivity contribution in [2.75, 3.05) is 0 Å². The van der Waals surface area contributed by atoms with E-state index in [1.807, 2.05) is 30.3 Å². The zero-order chi connectivity index (χ0) is 20.6. The SMILES string of the molecule is O=C(C[C@H](NC(=O)c1ccccc1Cl)c1ccccc1)OCc1ccc(F)cc1. The van der Waals surface area contributed by atoms with Gasteiger partial charge in [-0.15, -0.1) is 0 Å². The Kier molecular flexibility index (Phi) is 6.98. The normalized spacial score (nSPS) is 11.5. The van der Waals surface area contributed by atoms with Gasteiger partial charge in [0.05, 0.1) is 23.0 Å². The van der Waals surface area contributed by atoms with Gasteiger partial charge in [-0.05, 0) is 35.4 Å². The number of carbonyl (C=O) groups is 2. The van der Waals surface area contributed by atoms with Gasteiger partial charge in [-0.1, -0.05) is 66.2 Å². The number of hydrogen-bond donors (Lipinski definition) is 1. The molecule has 0 aromatic heterocycles. The monoisotopic (exact) mass is 411 g/mol. The minimum absolute atomic E-state index is 0.0269. The van der Waals surface area contributed by atoms with Gasteiger partial charge in [-0.25, -0.2) is 4.39 Å². The molecule has 4 nitrogen and oxygen atoms in total. The smallest absolute Gasteiger partial charge is 0.308 e. The van der Waals surface area contributed by atoms with E-state index < -0.39 is 12.0 Å². The number of carbonyl (C=O) groups excluding carboxylic acids is 2. The summed E-state index contributed by atoms with van der Waals surface area (Å²) < 4.78 is 18.3. The summed E-state index contributed by atoms with van der Waals surface area (Å²) in [5, 5.41) is 3.18. The van der Waals surface area contributed by atoms with E-state index in [0.717, 1.165) is 5.56 Å². The second-order valence-corrected chi connectivity index (χ2v) is 6.82. The Morgan fingerprint density at radius 2 is 1.59 bits per heavy atom. The highest BCUT2D eigenvalue weighted by Crippen LogP contribution is 2.21. The van der Waals surface area contributed by atoms with E-state index in [0.29, 0.717) is 16.1 Å². The third kappa shape index (κ3) is 5.90. The number of rotatable bonds is 7. The Hall–Kier alpha value is -3.18. The molecule has 148 valence electrons. The van der Waals surface area contributed by atoms with Gasteiger partial charge < -0.3 is 10.1 Å². The van der Waals surface area contributed by atoms with Crippen molar-refractivity contribution in [1.82, 2.24) is 5.32 Å². The highest BCUT2D eigenvalue weighted by atomic mass is 35.5. The predicted molar refractivity (Wildman–Crippen MR) is 109 cm³/mol. The average molecular weight is 412 g/mol. The number of esters is 1. The van der Waals surface area contributed by atoms with Crippen LogP contribution in [0.2, 0.25) is 5.02 Å². The average Bonchev–Trinajstić information content (AvgIpc) is 2.74. The molecule has 0 fully saturated rings. The molecule has 0 heterocycles. The van der Waals surface area contributed by atoms with Gasteiger partial charge in [0.15, 0.2) is 0 Å². The summed E-state index contributed by atoms with van der Waals surface area (Å²) in [5.41, 5.74) is 1.78. The quantitative estimate of drug-likeness (QED) is 0.551. The standard InChI is InChI=1S/C23H19ClFNO3/c24-20-9-5-4-8-19(20)23(28)26-21(17-6-2-1-3-7-17)14-22(27)29-15-16-10-12-18(25)13-11-16/h1-13,21H,14-15H2,(H,26,28)/t21-/m0/s1. The maximum atomic E-state index is 13.0. The van der Waals surface area contributed by atoms with Crippen molar-refractivity contribution in [2.24, 2.45) is 0 Å². The first-order valence-electron chi connectivity index (χ1n) is 9.03. The van der Waals surface area contributed by atoms with Crippen LogP contribution in [0.25, 0.3) is 0 Å². The van der Waals surface area contributed by atoms with Crippen LogP contribution in [0.5, 0.6) is 0 Å². The molecule has 1 atom stereocenters. The van der Waals surface area contributed by atoms with Gasteiger partial charge >= 0.3 is 5.97 Å².